The van der Waals surface area contributed by atoms with Crippen molar-refractivity contribution >= 4 is 28.5 Å². The number of fused-ring (bicyclic) bond motifs is 1. The van der Waals surface area contributed by atoms with Gasteiger partial charge >= 0.3 is 0 Å². The van der Waals surface area contributed by atoms with E-state index in [1.165, 1.54) is 38.5 Å². The number of hydrogen-bond donors (Lipinski definition) is 1. The standard InChI is InChI=1S/C21H31N3O2S/c1-14(2)13-27-21-23-17-12-19(26-4)18(25-3)11-16(17)20(22)24(21)15-9-7-5-6-8-10-15/h11-12,14-15,22H,5-10,13H2,1-4H3/p+1. The predicted octanol–water partition coefficient (Wildman–Crippen LogP) is 4.77. The van der Waals surface area contributed by atoms with Crippen LogP contribution in [0.5, 0.6) is 11.5 Å². The summed E-state index contributed by atoms with van der Waals surface area (Å²) in [5.41, 5.74) is 7.60. The maximum absolute atomic E-state index is 6.74. The zero-order valence-electron chi connectivity index (χ0n) is 17.0. The van der Waals surface area contributed by atoms with Crippen molar-refractivity contribution in [2.24, 2.45) is 5.92 Å². The minimum absolute atomic E-state index is 0.423. The summed E-state index contributed by atoms with van der Waals surface area (Å²) in [6.45, 7) is 4.47. The molecule has 1 aromatic carbocycles. The lowest BCUT2D eigenvalue weighted by Crippen LogP contribution is -2.45. The van der Waals surface area contributed by atoms with Crippen LogP contribution in [0, 0.1) is 5.92 Å². The normalized spacial score (nSPS) is 15.9. The highest BCUT2D eigenvalue weighted by Crippen LogP contribution is 2.35. The third-order valence-corrected chi connectivity index (χ3v) is 6.57. The summed E-state index contributed by atoms with van der Waals surface area (Å²) in [7, 11) is 3.30. The van der Waals surface area contributed by atoms with Crippen LogP contribution in [0.3, 0.4) is 0 Å². The Balaban J connectivity index is 2.16. The van der Waals surface area contributed by atoms with Crippen LogP contribution < -0.4 is 19.8 Å². The second-order valence-corrected chi connectivity index (χ2v) is 8.71. The SMILES string of the molecule is COc1cc2nc(SCC(C)C)[n+](C3CCCCCC3)c(N)c2cc1OC. The Bertz CT molecular complexity index is 787. The lowest BCUT2D eigenvalue weighted by molar-refractivity contribution is -0.748. The number of nitrogens with zero attached hydrogens (tertiary/aromatic N) is 2. The first-order valence-electron chi connectivity index (χ1n) is 9.94. The molecule has 1 aliphatic rings. The topological polar surface area (TPSA) is 61.2 Å². The molecule has 0 bridgehead atoms. The van der Waals surface area contributed by atoms with Gasteiger partial charge in [-0.3, -0.25) is 0 Å². The highest BCUT2D eigenvalue weighted by molar-refractivity contribution is 7.99. The number of methoxy groups -OCH3 is 2. The average molecular weight is 391 g/mol. The minimum atomic E-state index is 0.423. The third-order valence-electron chi connectivity index (χ3n) is 5.20. The molecule has 3 rings (SSSR count). The van der Waals surface area contributed by atoms with Crippen molar-refractivity contribution in [3.63, 3.8) is 0 Å². The molecule has 0 atom stereocenters. The van der Waals surface area contributed by atoms with Crippen LogP contribution in [0.1, 0.15) is 58.4 Å². The number of aromatic nitrogens is 2. The molecule has 0 unspecified atom stereocenters. The number of nitrogens with two attached hydrogens (primary N) is 1. The molecule has 5 nitrogen and oxygen atoms in total. The van der Waals surface area contributed by atoms with E-state index >= 15 is 0 Å². The molecule has 2 N–H and O–H groups in total. The van der Waals surface area contributed by atoms with E-state index in [2.05, 4.69) is 18.4 Å². The molecule has 1 saturated carbocycles. The molecular weight excluding hydrogens is 358 g/mol. The molecule has 1 heterocycles. The molecule has 0 aliphatic heterocycles. The Kier molecular flexibility index (Phi) is 6.68. The molecule has 27 heavy (non-hydrogen) atoms. The van der Waals surface area contributed by atoms with Gasteiger partial charge in [-0.25, -0.2) is 4.57 Å². The Labute approximate surface area is 166 Å². The van der Waals surface area contributed by atoms with E-state index in [9.17, 15) is 0 Å². The van der Waals surface area contributed by atoms with Gasteiger partial charge in [-0.1, -0.05) is 43.4 Å². The van der Waals surface area contributed by atoms with E-state index in [1.54, 1.807) is 14.2 Å². The zero-order valence-corrected chi connectivity index (χ0v) is 17.8. The van der Waals surface area contributed by atoms with Crippen molar-refractivity contribution < 1.29 is 14.0 Å². The van der Waals surface area contributed by atoms with Gasteiger partial charge < -0.3 is 15.2 Å². The molecule has 0 saturated heterocycles. The summed E-state index contributed by atoms with van der Waals surface area (Å²) in [6, 6.07) is 4.31. The van der Waals surface area contributed by atoms with Crippen molar-refractivity contribution in [2.75, 3.05) is 25.7 Å². The molecule has 1 aromatic heterocycles. The Morgan fingerprint density at radius 2 is 1.74 bits per heavy atom. The quantitative estimate of drug-likeness (QED) is 0.333. The fourth-order valence-electron chi connectivity index (χ4n) is 3.77. The largest absolute Gasteiger partial charge is 0.493 e. The fourth-order valence-corrected chi connectivity index (χ4v) is 4.80. The lowest BCUT2D eigenvalue weighted by Gasteiger charge is -2.20. The van der Waals surface area contributed by atoms with Gasteiger partial charge in [0.05, 0.1) is 25.6 Å². The van der Waals surface area contributed by atoms with Crippen molar-refractivity contribution in [3.05, 3.63) is 12.1 Å². The van der Waals surface area contributed by atoms with Gasteiger partial charge in [0, 0.05) is 17.9 Å². The highest BCUT2D eigenvalue weighted by Gasteiger charge is 2.28. The maximum Gasteiger partial charge on any atom is 0.299 e. The summed E-state index contributed by atoms with van der Waals surface area (Å²) < 4.78 is 13.3. The summed E-state index contributed by atoms with van der Waals surface area (Å²) in [5, 5.41) is 1.96. The molecule has 1 aliphatic carbocycles. The number of benzene rings is 1. The molecule has 2 aromatic rings. The predicted molar refractivity (Wildman–Crippen MR) is 112 cm³/mol. The van der Waals surface area contributed by atoms with E-state index in [0.29, 0.717) is 23.5 Å². The highest BCUT2D eigenvalue weighted by atomic mass is 32.2. The van der Waals surface area contributed by atoms with Gasteiger partial charge in [0.1, 0.15) is 0 Å². The number of rotatable bonds is 6. The second-order valence-electron chi connectivity index (χ2n) is 7.72. The molecule has 0 amide bonds. The van der Waals surface area contributed by atoms with E-state index in [1.807, 2.05) is 23.9 Å². The molecule has 148 valence electrons. The smallest absolute Gasteiger partial charge is 0.299 e. The van der Waals surface area contributed by atoms with Crippen molar-refractivity contribution in [1.29, 1.82) is 0 Å². The summed E-state index contributed by atoms with van der Waals surface area (Å²) >= 11 is 1.81. The van der Waals surface area contributed by atoms with E-state index in [4.69, 9.17) is 20.2 Å². The van der Waals surface area contributed by atoms with Crippen LogP contribution in [0.4, 0.5) is 5.82 Å². The number of nitrogen functional groups attached to an aromatic ring is 1. The first-order chi connectivity index (χ1) is 13.0. The zero-order chi connectivity index (χ0) is 19.4. The molecule has 0 radical (unpaired) electrons. The first-order valence-corrected chi connectivity index (χ1v) is 10.9. The minimum Gasteiger partial charge on any atom is -0.493 e. The van der Waals surface area contributed by atoms with Gasteiger partial charge in [0.15, 0.2) is 17.0 Å². The van der Waals surface area contributed by atoms with E-state index in [-0.39, 0.29) is 0 Å². The second kappa shape index (κ2) is 9.00. The fraction of sp³-hybridized carbons (Fsp3) is 0.619. The van der Waals surface area contributed by atoms with Crippen molar-refractivity contribution in [2.45, 2.75) is 63.6 Å². The summed E-state index contributed by atoms with van der Waals surface area (Å²) in [4.78, 5) is 5.01. The number of thioether (sulfide) groups is 1. The monoisotopic (exact) mass is 390 g/mol. The molecule has 6 heteroatoms. The van der Waals surface area contributed by atoms with Gasteiger partial charge in [-0.05, 0) is 31.6 Å². The maximum atomic E-state index is 6.74. The molecule has 1 fully saturated rings. The van der Waals surface area contributed by atoms with Gasteiger partial charge in [0.25, 0.3) is 5.16 Å². The Morgan fingerprint density at radius 1 is 1.11 bits per heavy atom. The van der Waals surface area contributed by atoms with E-state index < -0.39 is 0 Å². The third kappa shape index (κ3) is 4.42. The number of anilines is 1. The van der Waals surface area contributed by atoms with Crippen LogP contribution in [0.2, 0.25) is 0 Å². The van der Waals surface area contributed by atoms with Gasteiger partial charge in [-0.15, -0.1) is 0 Å². The van der Waals surface area contributed by atoms with Crippen LogP contribution >= 0.6 is 11.8 Å². The van der Waals surface area contributed by atoms with Crippen LogP contribution in [0.15, 0.2) is 17.3 Å². The van der Waals surface area contributed by atoms with Crippen molar-refractivity contribution in [1.82, 2.24) is 4.98 Å². The van der Waals surface area contributed by atoms with Crippen LogP contribution in [-0.2, 0) is 0 Å². The first kappa shape index (κ1) is 20.1. The van der Waals surface area contributed by atoms with Crippen LogP contribution in [-0.4, -0.2) is 25.0 Å². The molecule has 0 spiro atoms. The van der Waals surface area contributed by atoms with Gasteiger partial charge in [-0.2, -0.15) is 0 Å². The van der Waals surface area contributed by atoms with Crippen molar-refractivity contribution in [3.8, 4) is 11.5 Å². The summed E-state index contributed by atoms with van der Waals surface area (Å²) in [5.74, 6) is 3.79. The Hall–Kier alpha value is -1.69. The number of hydrogen-bond acceptors (Lipinski definition) is 5. The van der Waals surface area contributed by atoms with E-state index in [0.717, 1.165) is 27.6 Å². The summed E-state index contributed by atoms with van der Waals surface area (Å²) in [6.07, 6.45) is 7.49. The molecular formula is C21H32N3O2S+. The average Bonchev–Trinajstić information content (AvgIpc) is 2.94. The lowest BCUT2D eigenvalue weighted by atomic mass is 10.1. The Morgan fingerprint density at radius 3 is 2.33 bits per heavy atom. The van der Waals surface area contributed by atoms with Gasteiger partial charge in [0.2, 0.25) is 5.82 Å². The van der Waals surface area contributed by atoms with Crippen LogP contribution in [0.25, 0.3) is 10.9 Å². The number of ether oxygens (including phenoxy) is 2.